The monoisotopic (exact) mass is 562 g/mol. The molecule has 1 aliphatic heterocycles. The van der Waals surface area contributed by atoms with Gasteiger partial charge in [-0.15, -0.1) is 0 Å². The van der Waals surface area contributed by atoms with Gasteiger partial charge >= 0.3 is 5.97 Å². The summed E-state index contributed by atoms with van der Waals surface area (Å²) in [5, 5.41) is 18.5. The molecule has 0 spiro atoms. The van der Waals surface area contributed by atoms with Crippen molar-refractivity contribution >= 4 is 17.0 Å². The van der Waals surface area contributed by atoms with Gasteiger partial charge in [-0.3, -0.25) is 0 Å². The van der Waals surface area contributed by atoms with Crippen LogP contribution in [0, 0.1) is 17.1 Å². The fraction of sp³-hybridized carbons (Fsp3) is 0.212. The zero-order chi connectivity index (χ0) is 29.1. The molecule has 1 saturated heterocycles. The van der Waals surface area contributed by atoms with Crippen LogP contribution in [0.3, 0.4) is 0 Å². The maximum Gasteiger partial charge on any atom is 0.335 e. The van der Waals surface area contributed by atoms with E-state index in [9.17, 15) is 9.90 Å². The molecular formula is C33H27FN4O4. The minimum Gasteiger partial charge on any atom is -0.478 e. The normalized spacial score (nSPS) is 14.6. The standard InChI is InChI=1S/C33H27FN4O4/c34-27-15-24(28-4-1-5-32(37-28)42-20-22-8-6-21(18-35)7-9-22)11-10-23(27)17-31-36-29-13-12-25(33(39)40)16-30(29)38(31)19-26-3-2-14-41-26/h1,4-13,15-16,26H,2-3,14,17,19-20H2,(H,39,40). The molecule has 1 aliphatic rings. The molecule has 1 unspecified atom stereocenters. The first-order valence-electron chi connectivity index (χ1n) is 13.7. The van der Waals surface area contributed by atoms with Gasteiger partial charge in [0.15, 0.2) is 0 Å². The highest BCUT2D eigenvalue weighted by molar-refractivity contribution is 5.92. The number of ether oxygens (including phenoxy) is 2. The topological polar surface area (TPSA) is 110 Å². The zero-order valence-electron chi connectivity index (χ0n) is 22.7. The van der Waals surface area contributed by atoms with Crippen LogP contribution in [-0.2, 0) is 24.3 Å². The molecule has 0 aliphatic carbocycles. The highest BCUT2D eigenvalue weighted by Crippen LogP contribution is 2.27. The minimum absolute atomic E-state index is 0.000613. The highest BCUT2D eigenvalue weighted by atomic mass is 19.1. The summed E-state index contributed by atoms with van der Waals surface area (Å²) < 4.78 is 29.1. The SMILES string of the molecule is N#Cc1ccc(COc2cccc(-c3ccc(Cc4nc5ccc(C(=O)O)cc5n4CC4CCCO4)c(F)c3)n2)cc1. The first-order valence-corrected chi connectivity index (χ1v) is 13.7. The molecule has 0 radical (unpaired) electrons. The van der Waals surface area contributed by atoms with E-state index >= 15 is 4.39 Å². The Morgan fingerprint density at radius 1 is 1.10 bits per heavy atom. The second-order valence-electron chi connectivity index (χ2n) is 10.2. The summed E-state index contributed by atoms with van der Waals surface area (Å²) in [6.45, 7) is 1.50. The lowest BCUT2D eigenvalue weighted by Gasteiger charge is -2.15. The molecule has 5 aromatic rings. The second-order valence-corrected chi connectivity index (χ2v) is 10.2. The molecule has 0 bridgehead atoms. The number of halogens is 1. The van der Waals surface area contributed by atoms with Crippen molar-refractivity contribution in [1.82, 2.24) is 14.5 Å². The molecule has 3 heterocycles. The quantitative estimate of drug-likeness (QED) is 0.229. The third kappa shape index (κ3) is 5.85. The molecule has 1 fully saturated rings. The van der Waals surface area contributed by atoms with Crippen molar-refractivity contribution in [3.05, 3.63) is 113 Å². The van der Waals surface area contributed by atoms with Crippen LogP contribution >= 0.6 is 0 Å². The Morgan fingerprint density at radius 3 is 2.69 bits per heavy atom. The van der Waals surface area contributed by atoms with Gasteiger partial charge in [-0.25, -0.2) is 19.2 Å². The first kappa shape index (κ1) is 27.1. The van der Waals surface area contributed by atoms with Crippen molar-refractivity contribution in [3.8, 4) is 23.2 Å². The van der Waals surface area contributed by atoms with Crippen LogP contribution in [-0.4, -0.2) is 38.3 Å². The number of benzene rings is 3. The lowest BCUT2D eigenvalue weighted by Crippen LogP contribution is -2.17. The molecule has 1 N–H and O–H groups in total. The summed E-state index contributed by atoms with van der Waals surface area (Å²) in [6.07, 6.45) is 2.11. The molecule has 210 valence electrons. The van der Waals surface area contributed by atoms with Crippen molar-refractivity contribution in [2.75, 3.05) is 6.61 Å². The molecule has 9 heteroatoms. The largest absolute Gasteiger partial charge is 0.478 e. The summed E-state index contributed by atoms with van der Waals surface area (Å²) in [5.74, 6) is -0.349. The van der Waals surface area contributed by atoms with Crippen LogP contribution in [0.25, 0.3) is 22.3 Å². The van der Waals surface area contributed by atoms with Crippen molar-refractivity contribution in [1.29, 1.82) is 5.26 Å². The van der Waals surface area contributed by atoms with Crippen molar-refractivity contribution in [2.24, 2.45) is 0 Å². The minimum atomic E-state index is -1.01. The zero-order valence-corrected chi connectivity index (χ0v) is 22.7. The second kappa shape index (κ2) is 11.8. The molecule has 6 rings (SSSR count). The number of carboxylic acid groups (broad SMARTS) is 1. The number of rotatable bonds is 9. The van der Waals surface area contributed by atoms with Crippen LogP contribution in [0.2, 0.25) is 0 Å². The molecule has 3 aromatic carbocycles. The van der Waals surface area contributed by atoms with E-state index in [1.165, 1.54) is 12.1 Å². The van der Waals surface area contributed by atoms with E-state index in [0.717, 1.165) is 18.4 Å². The Morgan fingerprint density at radius 2 is 1.95 bits per heavy atom. The number of aromatic nitrogens is 3. The fourth-order valence-corrected chi connectivity index (χ4v) is 5.15. The fourth-order valence-electron chi connectivity index (χ4n) is 5.15. The molecule has 42 heavy (non-hydrogen) atoms. The van der Waals surface area contributed by atoms with Gasteiger partial charge in [-0.05, 0) is 66.4 Å². The highest BCUT2D eigenvalue weighted by Gasteiger charge is 2.21. The van der Waals surface area contributed by atoms with Crippen LogP contribution < -0.4 is 4.74 Å². The number of carboxylic acids is 1. The van der Waals surface area contributed by atoms with Crippen LogP contribution in [0.4, 0.5) is 4.39 Å². The van der Waals surface area contributed by atoms with Gasteiger partial charge in [0.1, 0.15) is 18.2 Å². The van der Waals surface area contributed by atoms with Crippen LogP contribution in [0.1, 0.15) is 45.7 Å². The number of nitrogens with zero attached hydrogens (tertiary/aromatic N) is 4. The summed E-state index contributed by atoms with van der Waals surface area (Å²) in [7, 11) is 0. The molecular weight excluding hydrogens is 535 g/mol. The predicted octanol–water partition coefficient (Wildman–Crippen LogP) is 6.16. The molecule has 0 saturated carbocycles. The third-order valence-corrected chi connectivity index (χ3v) is 7.38. The van der Waals surface area contributed by atoms with E-state index < -0.39 is 5.97 Å². The Bertz CT molecular complexity index is 1800. The number of pyridine rings is 1. The smallest absolute Gasteiger partial charge is 0.335 e. The van der Waals surface area contributed by atoms with Gasteiger partial charge in [0.25, 0.3) is 0 Å². The van der Waals surface area contributed by atoms with Gasteiger partial charge in [0, 0.05) is 24.7 Å². The van der Waals surface area contributed by atoms with E-state index in [2.05, 4.69) is 11.1 Å². The molecule has 0 amide bonds. The van der Waals surface area contributed by atoms with Crippen molar-refractivity contribution in [2.45, 2.75) is 38.5 Å². The average molecular weight is 563 g/mol. The maximum absolute atomic E-state index is 15.5. The lowest BCUT2D eigenvalue weighted by atomic mass is 10.1. The van der Waals surface area contributed by atoms with E-state index in [0.29, 0.717) is 58.3 Å². The molecule has 2 aromatic heterocycles. The summed E-state index contributed by atoms with van der Waals surface area (Å²) in [6, 6.07) is 24.4. The number of fused-ring (bicyclic) bond motifs is 1. The van der Waals surface area contributed by atoms with Gasteiger partial charge in [-0.2, -0.15) is 5.26 Å². The van der Waals surface area contributed by atoms with Crippen LogP contribution in [0.15, 0.2) is 78.9 Å². The number of hydrogen-bond donors (Lipinski definition) is 1. The average Bonchev–Trinajstić information content (AvgIpc) is 3.65. The van der Waals surface area contributed by atoms with E-state index in [1.807, 2.05) is 22.8 Å². The van der Waals surface area contributed by atoms with E-state index in [4.69, 9.17) is 19.7 Å². The third-order valence-electron chi connectivity index (χ3n) is 7.38. The van der Waals surface area contributed by atoms with E-state index in [-0.39, 0.29) is 30.5 Å². The summed E-state index contributed by atoms with van der Waals surface area (Å²) in [5.41, 5.74) is 4.66. The first-order chi connectivity index (χ1) is 20.5. The maximum atomic E-state index is 15.5. The number of nitriles is 1. The van der Waals surface area contributed by atoms with Crippen LogP contribution in [0.5, 0.6) is 5.88 Å². The van der Waals surface area contributed by atoms with E-state index in [1.54, 1.807) is 48.5 Å². The molecule has 8 nitrogen and oxygen atoms in total. The molecule has 1 atom stereocenters. The Balaban J connectivity index is 1.23. The number of hydrogen-bond acceptors (Lipinski definition) is 6. The number of aromatic carboxylic acids is 1. The van der Waals surface area contributed by atoms with Crippen molar-refractivity contribution < 1.29 is 23.8 Å². The Hall–Kier alpha value is -5.07. The number of carbonyl (C=O) groups is 1. The van der Waals surface area contributed by atoms with Gasteiger partial charge in [0.05, 0.1) is 46.6 Å². The Kier molecular flexibility index (Phi) is 7.62. The summed E-state index contributed by atoms with van der Waals surface area (Å²) >= 11 is 0. The summed E-state index contributed by atoms with van der Waals surface area (Å²) in [4.78, 5) is 20.9. The van der Waals surface area contributed by atoms with Gasteiger partial charge < -0.3 is 19.1 Å². The number of imidazole rings is 1. The van der Waals surface area contributed by atoms with Crippen molar-refractivity contribution in [3.63, 3.8) is 0 Å². The van der Waals surface area contributed by atoms with Gasteiger partial charge in [-0.1, -0.05) is 30.3 Å². The predicted molar refractivity (Wildman–Crippen MR) is 154 cm³/mol. The van der Waals surface area contributed by atoms with Gasteiger partial charge in [0.2, 0.25) is 5.88 Å². The Labute approximate surface area is 241 Å². The lowest BCUT2D eigenvalue weighted by molar-refractivity contribution is 0.0697.